The first-order valence-corrected chi connectivity index (χ1v) is 12.7. The lowest BCUT2D eigenvalue weighted by Crippen LogP contribution is -2.33. The van der Waals surface area contributed by atoms with Crippen LogP contribution in [-0.2, 0) is 32.4 Å². The van der Waals surface area contributed by atoms with Gasteiger partial charge in [0.1, 0.15) is 0 Å². The summed E-state index contributed by atoms with van der Waals surface area (Å²) in [5.41, 5.74) is 3.80. The van der Waals surface area contributed by atoms with Gasteiger partial charge in [0.05, 0.1) is 16.5 Å². The number of ether oxygens (including phenoxy) is 1. The number of hydrogen-bond acceptors (Lipinski definition) is 5. The minimum Gasteiger partial charge on any atom is -0.452 e. The second-order valence-electron chi connectivity index (χ2n) is 8.74. The summed E-state index contributed by atoms with van der Waals surface area (Å²) < 4.78 is 31.7. The highest BCUT2D eigenvalue weighted by atomic mass is 32.2. The van der Waals surface area contributed by atoms with E-state index in [1.807, 2.05) is 13.0 Å². The zero-order valence-corrected chi connectivity index (χ0v) is 20.4. The maximum absolute atomic E-state index is 12.7. The van der Waals surface area contributed by atoms with Gasteiger partial charge >= 0.3 is 5.97 Å². The second-order valence-corrected chi connectivity index (χ2v) is 10.7. The van der Waals surface area contributed by atoms with Crippen LogP contribution in [0.2, 0.25) is 0 Å². The molecule has 0 saturated carbocycles. The number of hydrogen-bond donors (Lipinski definition) is 1. The number of aryl methyl sites for hydroxylation is 2. The third kappa shape index (κ3) is 6.00. The number of sulfonamides is 1. The Morgan fingerprint density at radius 3 is 2.42 bits per heavy atom. The predicted octanol–water partition coefficient (Wildman–Crippen LogP) is 3.63. The summed E-state index contributed by atoms with van der Waals surface area (Å²) in [6, 6.07) is 11.5. The van der Waals surface area contributed by atoms with E-state index in [9.17, 15) is 18.0 Å². The monoisotopic (exact) mass is 472 g/mol. The molecular weight excluding hydrogens is 440 g/mol. The standard InChI is InChI=1S/C25H32N2O5S/c1-17(2)27(4)33(30,31)23-11-7-10-22(15-23)25(29)32-16-24(28)26-18(3)20-13-12-19-8-5-6-9-21(19)14-20/h7,10-15,17-18H,5-6,8-9,16H2,1-4H3,(H,26,28). The molecule has 0 aliphatic heterocycles. The molecule has 0 fully saturated rings. The Kier molecular flexibility index (Phi) is 7.92. The topological polar surface area (TPSA) is 92.8 Å². The van der Waals surface area contributed by atoms with Crippen molar-refractivity contribution in [1.29, 1.82) is 0 Å². The zero-order chi connectivity index (χ0) is 24.2. The highest BCUT2D eigenvalue weighted by Gasteiger charge is 2.24. The van der Waals surface area contributed by atoms with Crippen LogP contribution < -0.4 is 5.32 Å². The number of fused-ring (bicyclic) bond motifs is 1. The van der Waals surface area contributed by atoms with Crippen molar-refractivity contribution in [2.24, 2.45) is 0 Å². The zero-order valence-electron chi connectivity index (χ0n) is 19.6. The van der Waals surface area contributed by atoms with Crippen LogP contribution in [0.25, 0.3) is 0 Å². The molecule has 2 aromatic rings. The molecule has 3 rings (SSSR count). The van der Waals surface area contributed by atoms with Crippen molar-refractivity contribution in [1.82, 2.24) is 9.62 Å². The van der Waals surface area contributed by atoms with Crippen molar-refractivity contribution >= 4 is 21.9 Å². The summed E-state index contributed by atoms with van der Waals surface area (Å²) in [6.45, 7) is 4.97. The number of nitrogens with zero attached hydrogens (tertiary/aromatic N) is 1. The fourth-order valence-corrected chi connectivity index (χ4v) is 5.24. The van der Waals surface area contributed by atoms with E-state index >= 15 is 0 Å². The van der Waals surface area contributed by atoms with Crippen LogP contribution in [0.1, 0.15) is 66.7 Å². The minimum atomic E-state index is -3.73. The van der Waals surface area contributed by atoms with E-state index in [0.29, 0.717) is 0 Å². The molecule has 0 saturated heterocycles. The molecule has 1 atom stereocenters. The maximum Gasteiger partial charge on any atom is 0.338 e. The average molecular weight is 473 g/mol. The van der Waals surface area contributed by atoms with Gasteiger partial charge in [-0.05, 0) is 81.3 Å². The fraction of sp³-hybridized carbons (Fsp3) is 0.440. The van der Waals surface area contributed by atoms with Crippen molar-refractivity contribution in [3.63, 3.8) is 0 Å². The second kappa shape index (κ2) is 10.5. The van der Waals surface area contributed by atoms with Gasteiger partial charge < -0.3 is 10.1 Å². The van der Waals surface area contributed by atoms with Crippen LogP contribution >= 0.6 is 0 Å². The van der Waals surface area contributed by atoms with Crippen LogP contribution in [-0.4, -0.2) is 44.3 Å². The highest BCUT2D eigenvalue weighted by molar-refractivity contribution is 7.89. The van der Waals surface area contributed by atoms with Crippen molar-refractivity contribution in [2.45, 2.75) is 63.4 Å². The molecule has 1 N–H and O–H groups in total. The summed E-state index contributed by atoms with van der Waals surface area (Å²) in [4.78, 5) is 24.8. The molecule has 1 aliphatic carbocycles. The van der Waals surface area contributed by atoms with Gasteiger partial charge in [-0.15, -0.1) is 0 Å². The lowest BCUT2D eigenvalue weighted by molar-refractivity contribution is -0.124. The lowest BCUT2D eigenvalue weighted by atomic mass is 9.89. The molecule has 1 unspecified atom stereocenters. The number of carbonyl (C=O) groups is 2. The Morgan fingerprint density at radius 2 is 1.73 bits per heavy atom. The van der Waals surface area contributed by atoms with Gasteiger partial charge in [0, 0.05) is 13.1 Å². The van der Waals surface area contributed by atoms with Gasteiger partial charge in [-0.25, -0.2) is 13.2 Å². The number of benzene rings is 2. The molecule has 0 heterocycles. The van der Waals surface area contributed by atoms with Crippen molar-refractivity contribution < 1.29 is 22.7 Å². The van der Waals surface area contributed by atoms with Crippen molar-refractivity contribution in [3.8, 4) is 0 Å². The maximum atomic E-state index is 12.7. The Morgan fingerprint density at radius 1 is 1.03 bits per heavy atom. The Hall–Kier alpha value is -2.71. The summed E-state index contributed by atoms with van der Waals surface area (Å²) in [6.07, 6.45) is 4.56. The van der Waals surface area contributed by atoms with Crippen LogP contribution in [0, 0.1) is 0 Å². The van der Waals surface area contributed by atoms with E-state index < -0.39 is 28.5 Å². The first-order chi connectivity index (χ1) is 15.6. The third-order valence-electron chi connectivity index (χ3n) is 6.06. The van der Waals surface area contributed by atoms with E-state index in [2.05, 4.69) is 17.4 Å². The Balaban J connectivity index is 1.59. The number of rotatable bonds is 8. The number of amides is 1. The van der Waals surface area contributed by atoms with Crippen LogP contribution in [0.3, 0.4) is 0 Å². The first-order valence-electron chi connectivity index (χ1n) is 11.3. The molecule has 0 spiro atoms. The van der Waals surface area contributed by atoms with Crippen LogP contribution in [0.5, 0.6) is 0 Å². The molecule has 0 bridgehead atoms. The van der Waals surface area contributed by atoms with E-state index in [-0.39, 0.29) is 22.5 Å². The number of nitrogens with one attached hydrogen (secondary N) is 1. The fourth-order valence-electron chi connectivity index (χ4n) is 3.83. The molecule has 33 heavy (non-hydrogen) atoms. The van der Waals surface area contributed by atoms with Gasteiger partial charge in [0.25, 0.3) is 5.91 Å². The number of carbonyl (C=O) groups excluding carboxylic acids is 2. The van der Waals surface area contributed by atoms with Gasteiger partial charge in [-0.3, -0.25) is 4.79 Å². The largest absolute Gasteiger partial charge is 0.452 e. The minimum absolute atomic E-state index is 0.00127. The highest BCUT2D eigenvalue weighted by Crippen LogP contribution is 2.25. The molecule has 7 nitrogen and oxygen atoms in total. The summed E-state index contributed by atoms with van der Waals surface area (Å²) in [5, 5.41) is 2.85. The first kappa shape index (κ1) is 24.9. The van der Waals surface area contributed by atoms with E-state index in [0.717, 1.165) is 18.4 Å². The van der Waals surface area contributed by atoms with Gasteiger partial charge in [0.2, 0.25) is 10.0 Å². The normalized spacial score (nSPS) is 14.6. The lowest BCUT2D eigenvalue weighted by Gasteiger charge is -2.21. The molecule has 8 heteroatoms. The summed E-state index contributed by atoms with van der Waals surface area (Å²) in [7, 11) is -2.25. The van der Waals surface area contributed by atoms with E-state index in [1.165, 1.54) is 59.6 Å². The summed E-state index contributed by atoms with van der Waals surface area (Å²) >= 11 is 0. The quantitative estimate of drug-likeness (QED) is 0.593. The third-order valence-corrected chi connectivity index (χ3v) is 8.09. The van der Waals surface area contributed by atoms with Crippen LogP contribution in [0.4, 0.5) is 0 Å². The van der Waals surface area contributed by atoms with Gasteiger partial charge in [0.15, 0.2) is 6.61 Å². The molecule has 1 amide bonds. The van der Waals surface area contributed by atoms with Gasteiger partial charge in [-0.2, -0.15) is 4.31 Å². The molecule has 0 radical (unpaired) electrons. The van der Waals surface area contributed by atoms with E-state index in [1.54, 1.807) is 13.8 Å². The number of esters is 1. The average Bonchev–Trinajstić information content (AvgIpc) is 2.81. The van der Waals surface area contributed by atoms with Gasteiger partial charge in [-0.1, -0.05) is 24.3 Å². The smallest absolute Gasteiger partial charge is 0.338 e. The molecule has 2 aromatic carbocycles. The predicted molar refractivity (Wildman–Crippen MR) is 126 cm³/mol. The van der Waals surface area contributed by atoms with E-state index in [4.69, 9.17) is 4.74 Å². The molecular formula is C25H32N2O5S. The molecule has 1 aliphatic rings. The summed E-state index contributed by atoms with van der Waals surface area (Å²) in [5.74, 6) is -1.17. The SMILES string of the molecule is CC(NC(=O)COC(=O)c1cccc(S(=O)(=O)N(C)C(C)C)c1)c1ccc2c(c1)CCCC2. The van der Waals surface area contributed by atoms with Crippen molar-refractivity contribution in [3.05, 3.63) is 64.7 Å². The molecule has 178 valence electrons. The van der Waals surface area contributed by atoms with Crippen molar-refractivity contribution in [2.75, 3.05) is 13.7 Å². The Bertz CT molecular complexity index is 1130. The Labute approximate surface area is 196 Å². The van der Waals surface area contributed by atoms with Crippen LogP contribution in [0.15, 0.2) is 47.4 Å². The molecule has 0 aromatic heterocycles.